The summed E-state index contributed by atoms with van der Waals surface area (Å²) in [6.07, 6.45) is 3.08. The second-order valence-electron chi connectivity index (χ2n) is 5.05. The van der Waals surface area contributed by atoms with E-state index in [4.69, 9.17) is 5.26 Å². The van der Waals surface area contributed by atoms with Gasteiger partial charge in [-0.05, 0) is 23.3 Å². The minimum Gasteiger partial charge on any atom is -0.357 e. The summed E-state index contributed by atoms with van der Waals surface area (Å²) < 4.78 is 0. The summed E-state index contributed by atoms with van der Waals surface area (Å²) in [4.78, 5) is 12.2. The maximum absolute atomic E-state index is 11.6. The molecule has 17 heavy (non-hydrogen) atoms. The van der Waals surface area contributed by atoms with Gasteiger partial charge in [0, 0.05) is 18.2 Å². The topological polar surface area (TPSA) is 52.9 Å². The Balaban J connectivity index is 2.20. The fourth-order valence-corrected chi connectivity index (χ4v) is 2.73. The first-order chi connectivity index (χ1) is 8.00. The van der Waals surface area contributed by atoms with Crippen LogP contribution >= 0.6 is 11.3 Å². The molecule has 0 amide bonds. The van der Waals surface area contributed by atoms with Crippen molar-refractivity contribution in [2.75, 3.05) is 5.32 Å². The van der Waals surface area contributed by atoms with Gasteiger partial charge in [0.2, 0.25) is 0 Å². The first-order valence-corrected chi connectivity index (χ1v) is 6.36. The summed E-state index contributed by atoms with van der Waals surface area (Å²) in [5, 5.41) is 14.0. The monoisotopic (exact) mass is 246 g/mol. The standard InChI is InChI=1S/C13H14N2OS/c1-13(2)6-9(5-10(16)7-13)15-11-3-4-17-12(11)8-14/h3-5,15H,6-7H2,1-2H3. The van der Waals surface area contributed by atoms with Crippen molar-refractivity contribution in [1.29, 1.82) is 5.26 Å². The lowest BCUT2D eigenvalue weighted by atomic mass is 9.79. The van der Waals surface area contributed by atoms with Gasteiger partial charge >= 0.3 is 0 Å². The fraction of sp³-hybridized carbons (Fsp3) is 0.385. The van der Waals surface area contributed by atoms with Gasteiger partial charge in [-0.2, -0.15) is 5.26 Å². The zero-order valence-corrected chi connectivity index (χ0v) is 10.7. The van der Waals surface area contributed by atoms with Gasteiger partial charge in [0.25, 0.3) is 0 Å². The summed E-state index contributed by atoms with van der Waals surface area (Å²) in [5.74, 6) is 0.150. The Morgan fingerprint density at radius 3 is 2.88 bits per heavy atom. The Bertz CT molecular complexity index is 520. The predicted octanol–water partition coefficient (Wildman–Crippen LogP) is 3.30. The summed E-state index contributed by atoms with van der Waals surface area (Å²) >= 11 is 1.40. The van der Waals surface area contributed by atoms with Gasteiger partial charge in [-0.25, -0.2) is 0 Å². The number of rotatable bonds is 2. The summed E-state index contributed by atoms with van der Waals surface area (Å²) in [6.45, 7) is 4.16. The molecule has 88 valence electrons. The van der Waals surface area contributed by atoms with Crippen LogP contribution in [0, 0.1) is 16.7 Å². The van der Waals surface area contributed by atoms with Crippen LogP contribution < -0.4 is 5.32 Å². The molecule has 0 atom stereocenters. The molecule has 1 aliphatic rings. The molecule has 1 N–H and O–H groups in total. The number of hydrogen-bond donors (Lipinski definition) is 1. The highest BCUT2D eigenvalue weighted by Crippen LogP contribution is 2.34. The van der Waals surface area contributed by atoms with E-state index in [1.165, 1.54) is 11.3 Å². The Morgan fingerprint density at radius 2 is 2.24 bits per heavy atom. The number of nitriles is 1. The quantitative estimate of drug-likeness (QED) is 0.871. The smallest absolute Gasteiger partial charge is 0.157 e. The Kier molecular flexibility index (Phi) is 3.03. The maximum atomic E-state index is 11.6. The molecule has 1 aromatic heterocycles. The molecule has 0 radical (unpaired) electrons. The van der Waals surface area contributed by atoms with Crippen molar-refractivity contribution in [2.24, 2.45) is 5.41 Å². The van der Waals surface area contributed by atoms with Crippen molar-refractivity contribution in [3.8, 4) is 6.07 Å². The van der Waals surface area contributed by atoms with Crippen LogP contribution in [-0.2, 0) is 4.79 Å². The van der Waals surface area contributed by atoms with Crippen LogP contribution in [-0.4, -0.2) is 5.78 Å². The first kappa shape index (κ1) is 11.9. The molecule has 0 unspecified atom stereocenters. The molecule has 1 aromatic rings. The summed E-state index contributed by atoms with van der Waals surface area (Å²) in [5.41, 5.74) is 1.70. The lowest BCUT2D eigenvalue weighted by molar-refractivity contribution is -0.117. The maximum Gasteiger partial charge on any atom is 0.157 e. The van der Waals surface area contributed by atoms with E-state index in [0.29, 0.717) is 11.3 Å². The number of ketones is 1. The average molecular weight is 246 g/mol. The van der Waals surface area contributed by atoms with Gasteiger partial charge in [-0.15, -0.1) is 11.3 Å². The van der Waals surface area contributed by atoms with Gasteiger partial charge in [0.1, 0.15) is 10.9 Å². The number of anilines is 1. The van der Waals surface area contributed by atoms with Gasteiger partial charge < -0.3 is 5.32 Å². The molecule has 1 aliphatic carbocycles. The van der Waals surface area contributed by atoms with Crippen LogP contribution in [0.4, 0.5) is 5.69 Å². The van der Waals surface area contributed by atoms with Gasteiger partial charge in [-0.3, -0.25) is 4.79 Å². The largest absolute Gasteiger partial charge is 0.357 e. The molecular weight excluding hydrogens is 232 g/mol. The number of thiophene rings is 1. The van der Waals surface area contributed by atoms with Crippen LogP contribution in [0.3, 0.4) is 0 Å². The molecule has 0 spiro atoms. The Morgan fingerprint density at radius 1 is 1.47 bits per heavy atom. The van der Waals surface area contributed by atoms with E-state index in [2.05, 4.69) is 25.2 Å². The molecule has 0 saturated carbocycles. The van der Waals surface area contributed by atoms with Crippen LogP contribution in [0.1, 0.15) is 31.6 Å². The minimum absolute atomic E-state index is 0.00298. The van der Waals surface area contributed by atoms with E-state index in [9.17, 15) is 4.79 Å². The van der Waals surface area contributed by atoms with Crippen LogP contribution in [0.5, 0.6) is 0 Å². The summed E-state index contributed by atoms with van der Waals surface area (Å²) in [6, 6.07) is 4.01. The van der Waals surface area contributed by atoms with Crippen molar-refractivity contribution in [1.82, 2.24) is 0 Å². The molecule has 3 nitrogen and oxygen atoms in total. The van der Waals surface area contributed by atoms with Crippen molar-refractivity contribution >= 4 is 22.8 Å². The van der Waals surface area contributed by atoms with E-state index in [-0.39, 0.29) is 11.2 Å². The number of nitrogens with one attached hydrogen (secondary N) is 1. The minimum atomic E-state index is -0.00298. The second kappa shape index (κ2) is 4.34. The lowest BCUT2D eigenvalue weighted by Gasteiger charge is -2.29. The number of carbonyl (C=O) groups is 1. The van der Waals surface area contributed by atoms with E-state index in [0.717, 1.165) is 17.8 Å². The normalized spacial score (nSPS) is 18.4. The van der Waals surface area contributed by atoms with Gasteiger partial charge in [0.05, 0.1) is 5.69 Å². The zero-order chi connectivity index (χ0) is 12.5. The highest BCUT2D eigenvalue weighted by molar-refractivity contribution is 7.11. The van der Waals surface area contributed by atoms with E-state index in [1.807, 2.05) is 11.4 Å². The molecule has 0 aromatic carbocycles. The number of carbonyl (C=O) groups excluding carboxylic acids is 1. The fourth-order valence-electron chi connectivity index (χ4n) is 2.09. The number of allylic oxidation sites excluding steroid dienone is 2. The molecule has 1 heterocycles. The van der Waals surface area contributed by atoms with E-state index < -0.39 is 0 Å². The van der Waals surface area contributed by atoms with Crippen LogP contribution in [0.2, 0.25) is 0 Å². The molecule has 0 saturated heterocycles. The number of nitrogens with zero attached hydrogens (tertiary/aromatic N) is 1. The third kappa shape index (κ3) is 2.75. The van der Waals surface area contributed by atoms with Crippen molar-refractivity contribution in [3.05, 3.63) is 28.1 Å². The third-order valence-corrected chi connectivity index (χ3v) is 3.54. The lowest BCUT2D eigenvalue weighted by Crippen LogP contribution is -2.24. The van der Waals surface area contributed by atoms with Crippen LogP contribution in [0.15, 0.2) is 23.2 Å². The van der Waals surface area contributed by atoms with E-state index in [1.54, 1.807) is 6.08 Å². The molecule has 2 rings (SSSR count). The average Bonchev–Trinajstić information content (AvgIpc) is 2.61. The molecule has 0 aliphatic heterocycles. The van der Waals surface area contributed by atoms with Crippen molar-refractivity contribution in [3.63, 3.8) is 0 Å². The molecular formula is C13H14N2OS. The Hall–Kier alpha value is -1.60. The van der Waals surface area contributed by atoms with E-state index >= 15 is 0 Å². The highest BCUT2D eigenvalue weighted by atomic mass is 32.1. The molecule has 4 heteroatoms. The SMILES string of the molecule is CC1(C)CC(=O)C=C(Nc2ccsc2C#N)C1. The Labute approximate surface area is 105 Å². The van der Waals surface area contributed by atoms with Crippen LogP contribution in [0.25, 0.3) is 0 Å². The highest BCUT2D eigenvalue weighted by Gasteiger charge is 2.27. The second-order valence-corrected chi connectivity index (χ2v) is 5.97. The van der Waals surface area contributed by atoms with Crippen molar-refractivity contribution < 1.29 is 4.79 Å². The van der Waals surface area contributed by atoms with Crippen molar-refractivity contribution in [2.45, 2.75) is 26.7 Å². The molecule has 0 bridgehead atoms. The predicted molar refractivity (Wildman–Crippen MR) is 68.8 cm³/mol. The van der Waals surface area contributed by atoms with Gasteiger partial charge in [0.15, 0.2) is 5.78 Å². The first-order valence-electron chi connectivity index (χ1n) is 5.48. The molecule has 0 fully saturated rings. The third-order valence-electron chi connectivity index (χ3n) is 2.72. The zero-order valence-electron chi connectivity index (χ0n) is 9.91. The summed E-state index contributed by atoms with van der Waals surface area (Å²) in [7, 11) is 0. The van der Waals surface area contributed by atoms with Gasteiger partial charge in [-0.1, -0.05) is 13.8 Å². The number of hydrogen-bond acceptors (Lipinski definition) is 4.